The number of rotatable bonds is 3. The zero-order valence-electron chi connectivity index (χ0n) is 8.67. The van der Waals surface area contributed by atoms with Crippen molar-refractivity contribution in [1.29, 1.82) is 0 Å². The lowest BCUT2D eigenvalue weighted by Gasteiger charge is -2.12. The van der Waals surface area contributed by atoms with Gasteiger partial charge in [0, 0.05) is 10.6 Å². The molecule has 0 saturated carbocycles. The molecule has 0 N–H and O–H groups in total. The Morgan fingerprint density at radius 1 is 1.43 bits per heavy atom. The van der Waals surface area contributed by atoms with Gasteiger partial charge in [0.25, 0.3) is 9.04 Å². The van der Waals surface area contributed by atoms with Crippen LogP contribution >= 0.6 is 11.6 Å². The molecule has 0 atom stereocenters. The van der Waals surface area contributed by atoms with E-state index in [0.717, 1.165) is 16.3 Å². The van der Waals surface area contributed by atoms with Crippen molar-refractivity contribution in [1.82, 2.24) is 0 Å². The lowest BCUT2D eigenvalue weighted by molar-refractivity contribution is 0.536. The van der Waals surface area contributed by atoms with Crippen LogP contribution < -0.4 is 0 Å². The highest BCUT2D eigenvalue weighted by Crippen LogP contribution is 2.20. The van der Waals surface area contributed by atoms with Gasteiger partial charge in [-0.15, -0.1) is 0 Å². The van der Waals surface area contributed by atoms with E-state index in [2.05, 4.69) is 13.1 Å². The summed E-state index contributed by atoms with van der Waals surface area (Å²) in [5.74, 6) is 0.923. The fraction of sp³-hybridized carbons (Fsp3) is 0.273. The predicted molar refractivity (Wildman–Crippen MR) is 63.7 cm³/mol. The molecule has 75 valence electrons. The second kappa shape index (κ2) is 5.22. The van der Waals surface area contributed by atoms with Crippen molar-refractivity contribution in [2.24, 2.45) is 0 Å². The van der Waals surface area contributed by atoms with Crippen molar-refractivity contribution in [2.45, 2.75) is 20.0 Å². The first kappa shape index (κ1) is 11.3. The van der Waals surface area contributed by atoms with E-state index in [0.29, 0.717) is 0 Å². The zero-order chi connectivity index (χ0) is 10.6. The van der Waals surface area contributed by atoms with Gasteiger partial charge >= 0.3 is 0 Å². The third kappa shape index (κ3) is 3.20. The Bertz CT molecular complexity index is 334. The Balaban J connectivity index is 2.90. The number of hydrogen-bond acceptors (Lipinski definition) is 1. The Labute approximate surface area is 92.1 Å². The molecule has 0 heterocycles. The third-order valence-electron chi connectivity index (χ3n) is 1.69. The van der Waals surface area contributed by atoms with E-state index in [1.807, 2.05) is 37.3 Å². The lowest BCUT2D eigenvalue weighted by Crippen LogP contribution is -2.06. The number of allylic oxidation sites excluding steroid dienone is 1. The summed E-state index contributed by atoms with van der Waals surface area (Å²) in [6.07, 6.45) is 1.98. The minimum absolute atomic E-state index is 0.717. The Morgan fingerprint density at radius 2 is 2.14 bits per heavy atom. The van der Waals surface area contributed by atoms with E-state index in [1.165, 1.54) is 0 Å². The third-order valence-corrected chi connectivity index (χ3v) is 2.55. The summed E-state index contributed by atoms with van der Waals surface area (Å²) in [5, 5.41) is 0.742. The van der Waals surface area contributed by atoms with Crippen LogP contribution in [0.4, 0.5) is 0 Å². The molecule has 0 aliphatic heterocycles. The van der Waals surface area contributed by atoms with Crippen molar-refractivity contribution in [3.05, 3.63) is 40.9 Å². The normalized spacial score (nSPS) is 11.9. The van der Waals surface area contributed by atoms with E-state index in [4.69, 9.17) is 16.0 Å². The molecule has 0 spiro atoms. The molecule has 0 bridgehead atoms. The average molecular weight is 226 g/mol. The standard InChI is InChI=1S/C11H14ClOSi/c1-4-11(13-14(2)3)9-6-5-7-10(12)8-9/h4-8H,1-3H3. The van der Waals surface area contributed by atoms with Crippen molar-refractivity contribution in [3.63, 3.8) is 0 Å². The number of halogens is 1. The summed E-state index contributed by atoms with van der Waals surface area (Å²) in [7, 11) is -0.717. The van der Waals surface area contributed by atoms with Crippen molar-refractivity contribution in [2.75, 3.05) is 0 Å². The van der Waals surface area contributed by atoms with Gasteiger partial charge in [-0.1, -0.05) is 23.7 Å². The Morgan fingerprint density at radius 3 is 2.64 bits per heavy atom. The molecule has 1 rings (SSSR count). The fourth-order valence-electron chi connectivity index (χ4n) is 1.15. The van der Waals surface area contributed by atoms with Gasteiger partial charge < -0.3 is 4.43 Å². The van der Waals surface area contributed by atoms with Crippen LogP contribution in [0.2, 0.25) is 18.1 Å². The summed E-state index contributed by atoms with van der Waals surface area (Å²) in [6.45, 7) is 6.19. The van der Waals surface area contributed by atoms with Crippen LogP contribution in [-0.2, 0) is 4.43 Å². The van der Waals surface area contributed by atoms with Crippen molar-refractivity contribution < 1.29 is 4.43 Å². The van der Waals surface area contributed by atoms with Gasteiger partial charge in [0.1, 0.15) is 5.76 Å². The van der Waals surface area contributed by atoms with Crippen LogP contribution in [0.1, 0.15) is 12.5 Å². The van der Waals surface area contributed by atoms with Gasteiger partial charge in [-0.25, -0.2) is 0 Å². The summed E-state index contributed by atoms with van der Waals surface area (Å²) >= 11 is 5.91. The fourth-order valence-corrected chi connectivity index (χ4v) is 2.01. The van der Waals surface area contributed by atoms with Gasteiger partial charge in [-0.2, -0.15) is 0 Å². The van der Waals surface area contributed by atoms with Gasteiger partial charge in [0.05, 0.1) is 0 Å². The van der Waals surface area contributed by atoms with Gasteiger partial charge in [0.2, 0.25) is 0 Å². The average Bonchev–Trinajstić information content (AvgIpc) is 2.14. The van der Waals surface area contributed by atoms with Crippen LogP contribution in [0.25, 0.3) is 5.76 Å². The molecule has 0 unspecified atom stereocenters. The minimum Gasteiger partial charge on any atom is -0.542 e. The quantitative estimate of drug-likeness (QED) is 0.559. The molecule has 0 aliphatic rings. The molecule has 1 aromatic rings. The molecule has 0 saturated heterocycles. The van der Waals surface area contributed by atoms with Crippen molar-refractivity contribution >= 4 is 26.4 Å². The maximum atomic E-state index is 5.91. The Hall–Kier alpha value is -0.733. The van der Waals surface area contributed by atoms with Crippen LogP contribution in [0.15, 0.2) is 30.3 Å². The molecule has 0 aromatic heterocycles. The van der Waals surface area contributed by atoms with Crippen LogP contribution in [0.5, 0.6) is 0 Å². The summed E-state index contributed by atoms with van der Waals surface area (Å²) < 4.78 is 5.74. The second-order valence-electron chi connectivity index (χ2n) is 3.17. The zero-order valence-corrected chi connectivity index (χ0v) is 10.4. The molecule has 1 nitrogen and oxygen atoms in total. The van der Waals surface area contributed by atoms with Crippen molar-refractivity contribution in [3.8, 4) is 0 Å². The maximum absolute atomic E-state index is 5.91. The smallest absolute Gasteiger partial charge is 0.274 e. The first-order valence-electron chi connectivity index (χ1n) is 4.53. The first-order valence-corrected chi connectivity index (χ1v) is 7.32. The molecule has 0 amide bonds. The SMILES string of the molecule is CC=C(O[Si](C)C)c1cccc(Cl)c1. The van der Waals surface area contributed by atoms with E-state index >= 15 is 0 Å². The van der Waals surface area contributed by atoms with E-state index in [1.54, 1.807) is 0 Å². The molecular formula is C11H14ClOSi. The predicted octanol–water partition coefficient (Wildman–Crippen LogP) is 3.97. The molecule has 1 aromatic carbocycles. The topological polar surface area (TPSA) is 9.23 Å². The monoisotopic (exact) mass is 225 g/mol. The van der Waals surface area contributed by atoms with Gasteiger partial charge in [-0.3, -0.25) is 0 Å². The first-order chi connectivity index (χ1) is 6.63. The molecule has 1 radical (unpaired) electrons. The van der Waals surface area contributed by atoms with Gasteiger partial charge in [-0.05, 0) is 38.2 Å². The summed E-state index contributed by atoms with van der Waals surface area (Å²) in [4.78, 5) is 0. The minimum atomic E-state index is -0.717. The molecule has 14 heavy (non-hydrogen) atoms. The number of hydrogen-bond donors (Lipinski definition) is 0. The van der Waals surface area contributed by atoms with E-state index in [-0.39, 0.29) is 0 Å². The maximum Gasteiger partial charge on any atom is 0.274 e. The molecule has 3 heteroatoms. The molecule has 0 aliphatic carbocycles. The van der Waals surface area contributed by atoms with Gasteiger partial charge in [0.15, 0.2) is 0 Å². The highest BCUT2D eigenvalue weighted by atomic mass is 35.5. The number of benzene rings is 1. The second-order valence-corrected chi connectivity index (χ2v) is 5.63. The summed E-state index contributed by atoms with van der Waals surface area (Å²) in [5.41, 5.74) is 1.05. The summed E-state index contributed by atoms with van der Waals surface area (Å²) in [6, 6.07) is 7.72. The largest absolute Gasteiger partial charge is 0.542 e. The molecular weight excluding hydrogens is 212 g/mol. The van der Waals surface area contributed by atoms with Crippen LogP contribution in [-0.4, -0.2) is 9.04 Å². The van der Waals surface area contributed by atoms with Crippen LogP contribution in [0, 0.1) is 0 Å². The highest BCUT2D eigenvalue weighted by Gasteiger charge is 2.05. The lowest BCUT2D eigenvalue weighted by atomic mass is 10.2. The van der Waals surface area contributed by atoms with Crippen LogP contribution in [0.3, 0.4) is 0 Å². The van der Waals surface area contributed by atoms with E-state index in [9.17, 15) is 0 Å². The molecule has 0 fully saturated rings. The Kier molecular flexibility index (Phi) is 4.23. The highest BCUT2D eigenvalue weighted by molar-refractivity contribution is 6.49. The van der Waals surface area contributed by atoms with E-state index < -0.39 is 9.04 Å².